The molecular weight excluding hydrogens is 199 g/mol. The molecule has 2 unspecified atom stereocenters. The minimum absolute atomic E-state index is 0.0343. The van der Waals surface area contributed by atoms with Gasteiger partial charge in [-0.2, -0.15) is 0 Å². The van der Waals surface area contributed by atoms with Crippen LogP contribution in [0.15, 0.2) is 0 Å². The minimum atomic E-state index is 0.0343. The summed E-state index contributed by atoms with van der Waals surface area (Å²) in [5.41, 5.74) is 0.191. The molecule has 0 aromatic heterocycles. The molecule has 1 fully saturated rings. The molecule has 0 radical (unpaired) electrons. The molecule has 3 heteroatoms. The normalized spacial score (nSPS) is 24.2. The van der Waals surface area contributed by atoms with Gasteiger partial charge in [-0.25, -0.2) is 0 Å². The largest absolute Gasteiger partial charge is 0.457 e. The molecule has 94 valence electrons. The molecule has 0 amide bonds. The van der Waals surface area contributed by atoms with Crippen molar-refractivity contribution in [3.05, 3.63) is 0 Å². The first-order valence-electron chi connectivity index (χ1n) is 6.66. The second kappa shape index (κ2) is 6.06. The van der Waals surface area contributed by atoms with E-state index < -0.39 is 0 Å². The van der Waals surface area contributed by atoms with E-state index >= 15 is 0 Å². The van der Waals surface area contributed by atoms with Crippen LogP contribution in [0.2, 0.25) is 6.32 Å². The van der Waals surface area contributed by atoms with Gasteiger partial charge in [-0.1, -0.05) is 41.0 Å². The molecule has 0 saturated carbocycles. The van der Waals surface area contributed by atoms with Crippen LogP contribution in [-0.4, -0.2) is 20.3 Å². The highest BCUT2D eigenvalue weighted by Gasteiger charge is 2.32. The topological polar surface area (TPSA) is 18.5 Å². The summed E-state index contributed by atoms with van der Waals surface area (Å²) in [7, 11) is 0.0343. The van der Waals surface area contributed by atoms with Gasteiger partial charge in [0.2, 0.25) is 0 Å². The quantitative estimate of drug-likeness (QED) is 0.666. The predicted octanol–water partition coefficient (Wildman–Crippen LogP) is 3.62. The molecule has 0 bridgehead atoms. The molecule has 16 heavy (non-hydrogen) atoms. The van der Waals surface area contributed by atoms with Crippen molar-refractivity contribution in [1.29, 1.82) is 0 Å². The van der Waals surface area contributed by atoms with E-state index in [-0.39, 0.29) is 12.5 Å². The van der Waals surface area contributed by atoms with E-state index in [0.29, 0.717) is 5.92 Å². The lowest BCUT2D eigenvalue weighted by Gasteiger charge is -2.34. The van der Waals surface area contributed by atoms with E-state index in [1.165, 1.54) is 12.8 Å². The van der Waals surface area contributed by atoms with Crippen LogP contribution in [0.3, 0.4) is 0 Å². The molecule has 0 aliphatic carbocycles. The molecule has 0 spiro atoms. The molecule has 1 saturated heterocycles. The molecule has 0 aromatic rings. The second-order valence-corrected chi connectivity index (χ2v) is 6.31. The van der Waals surface area contributed by atoms with Crippen molar-refractivity contribution in [1.82, 2.24) is 0 Å². The van der Waals surface area contributed by atoms with E-state index in [1.807, 2.05) is 0 Å². The maximum atomic E-state index is 5.76. The Kier molecular flexibility index (Phi) is 5.32. The van der Waals surface area contributed by atoms with Crippen LogP contribution in [0.1, 0.15) is 47.5 Å². The van der Waals surface area contributed by atoms with Gasteiger partial charge in [-0.05, 0) is 24.6 Å². The maximum absolute atomic E-state index is 5.76. The van der Waals surface area contributed by atoms with Gasteiger partial charge in [0.05, 0.1) is 0 Å². The summed E-state index contributed by atoms with van der Waals surface area (Å²) in [4.78, 5) is 0. The van der Waals surface area contributed by atoms with E-state index in [0.717, 1.165) is 25.5 Å². The Balaban J connectivity index is 2.23. The van der Waals surface area contributed by atoms with E-state index in [1.54, 1.807) is 0 Å². The van der Waals surface area contributed by atoms with E-state index in [9.17, 15) is 0 Å². The number of hydrogen-bond donors (Lipinski definition) is 0. The van der Waals surface area contributed by atoms with Crippen LogP contribution in [0.25, 0.3) is 0 Å². The van der Waals surface area contributed by atoms with Crippen LogP contribution in [0.5, 0.6) is 0 Å². The minimum Gasteiger partial charge on any atom is -0.410 e. The Labute approximate surface area is 101 Å². The van der Waals surface area contributed by atoms with Gasteiger partial charge >= 0.3 is 7.12 Å². The lowest BCUT2D eigenvalue weighted by Crippen LogP contribution is -2.41. The van der Waals surface area contributed by atoms with E-state index in [4.69, 9.17) is 9.31 Å². The predicted molar refractivity (Wildman–Crippen MR) is 69.5 cm³/mol. The third-order valence-corrected chi connectivity index (χ3v) is 3.42. The van der Waals surface area contributed by atoms with Gasteiger partial charge in [0.15, 0.2) is 0 Å². The van der Waals surface area contributed by atoms with Gasteiger partial charge in [-0.15, -0.1) is 0 Å². The molecular formula is C13H27BO2. The van der Waals surface area contributed by atoms with Gasteiger partial charge in [0, 0.05) is 18.6 Å². The van der Waals surface area contributed by atoms with Gasteiger partial charge in [0.1, 0.15) is 0 Å². The summed E-state index contributed by atoms with van der Waals surface area (Å²) < 4.78 is 11.5. The second-order valence-electron chi connectivity index (χ2n) is 6.31. The molecule has 1 rings (SSSR count). The zero-order chi connectivity index (χ0) is 12.2. The average molecular weight is 226 g/mol. The highest BCUT2D eigenvalue weighted by molar-refractivity contribution is 6.44. The van der Waals surface area contributed by atoms with Crippen molar-refractivity contribution in [2.24, 2.45) is 17.3 Å². The first kappa shape index (κ1) is 14.0. The Bertz CT molecular complexity index is 196. The SMILES string of the molecule is CCC(C)CC(C)CB1OCC(C)(C)CO1. The summed E-state index contributed by atoms with van der Waals surface area (Å²) in [6.45, 7) is 12.9. The van der Waals surface area contributed by atoms with Crippen LogP contribution in [0, 0.1) is 17.3 Å². The first-order valence-corrected chi connectivity index (χ1v) is 6.66. The summed E-state index contributed by atoms with van der Waals surface area (Å²) in [5.74, 6) is 1.51. The van der Waals surface area contributed by atoms with E-state index in [2.05, 4.69) is 34.6 Å². The van der Waals surface area contributed by atoms with Crippen molar-refractivity contribution in [2.45, 2.75) is 53.8 Å². The Hall–Kier alpha value is -0.0151. The number of rotatable bonds is 5. The van der Waals surface area contributed by atoms with Crippen molar-refractivity contribution in [3.63, 3.8) is 0 Å². The van der Waals surface area contributed by atoms with Crippen LogP contribution in [0.4, 0.5) is 0 Å². The Morgan fingerprint density at radius 2 is 1.69 bits per heavy atom. The Morgan fingerprint density at radius 1 is 1.12 bits per heavy atom. The molecule has 1 aliphatic heterocycles. The molecule has 2 atom stereocenters. The smallest absolute Gasteiger partial charge is 0.410 e. The lowest BCUT2D eigenvalue weighted by atomic mass is 9.73. The highest BCUT2D eigenvalue weighted by Crippen LogP contribution is 2.26. The summed E-state index contributed by atoms with van der Waals surface area (Å²) >= 11 is 0. The molecule has 2 nitrogen and oxygen atoms in total. The summed E-state index contributed by atoms with van der Waals surface area (Å²) in [5, 5.41) is 0. The van der Waals surface area contributed by atoms with Crippen LogP contribution >= 0.6 is 0 Å². The average Bonchev–Trinajstić information content (AvgIpc) is 2.21. The Morgan fingerprint density at radius 3 is 2.19 bits per heavy atom. The zero-order valence-electron chi connectivity index (χ0n) is 11.6. The third kappa shape index (κ3) is 4.88. The fourth-order valence-electron chi connectivity index (χ4n) is 2.14. The van der Waals surface area contributed by atoms with Crippen molar-refractivity contribution >= 4 is 7.12 Å². The third-order valence-electron chi connectivity index (χ3n) is 3.42. The molecule has 0 aromatic carbocycles. The van der Waals surface area contributed by atoms with Crippen LogP contribution < -0.4 is 0 Å². The molecule has 1 aliphatic rings. The van der Waals surface area contributed by atoms with Crippen LogP contribution in [-0.2, 0) is 9.31 Å². The maximum Gasteiger partial charge on any atom is 0.457 e. The lowest BCUT2D eigenvalue weighted by molar-refractivity contribution is 0.0265. The van der Waals surface area contributed by atoms with Crippen molar-refractivity contribution in [3.8, 4) is 0 Å². The van der Waals surface area contributed by atoms with Gasteiger partial charge < -0.3 is 9.31 Å². The monoisotopic (exact) mass is 226 g/mol. The fraction of sp³-hybridized carbons (Fsp3) is 1.00. The highest BCUT2D eigenvalue weighted by atomic mass is 16.6. The van der Waals surface area contributed by atoms with Crippen molar-refractivity contribution in [2.75, 3.05) is 13.2 Å². The van der Waals surface area contributed by atoms with Crippen molar-refractivity contribution < 1.29 is 9.31 Å². The first-order chi connectivity index (χ1) is 7.43. The van der Waals surface area contributed by atoms with Gasteiger partial charge in [-0.3, -0.25) is 0 Å². The van der Waals surface area contributed by atoms with Gasteiger partial charge in [0.25, 0.3) is 0 Å². The molecule has 0 N–H and O–H groups in total. The number of hydrogen-bond acceptors (Lipinski definition) is 2. The standard InChI is InChI=1S/C13H27BO2/c1-6-11(2)7-12(3)8-14-15-9-13(4,5)10-16-14/h11-12H,6-10H2,1-5H3. The molecule has 1 heterocycles. The zero-order valence-corrected chi connectivity index (χ0v) is 11.6. The summed E-state index contributed by atoms with van der Waals surface area (Å²) in [6, 6.07) is 0. The fourth-order valence-corrected chi connectivity index (χ4v) is 2.14. The summed E-state index contributed by atoms with van der Waals surface area (Å²) in [6.07, 6.45) is 3.59.